The van der Waals surface area contributed by atoms with Crippen molar-refractivity contribution in [2.24, 2.45) is 0 Å². The standard InChI is InChI=1S/C15H20F3N3OS/c1-10(2)20-4-5-21-12(9-20)3-6-23(22)13-7-11(15(16,17)18)8-19-14(13)21/h7-8,10,12H,3-6,9H2,1-2H3/t12-,23+/m1/s1. The first-order valence-corrected chi connectivity index (χ1v) is 9.05. The van der Waals surface area contributed by atoms with Crippen LogP contribution in [0.2, 0.25) is 0 Å². The summed E-state index contributed by atoms with van der Waals surface area (Å²) in [6, 6.07) is 1.59. The van der Waals surface area contributed by atoms with Crippen LogP contribution in [0, 0.1) is 0 Å². The summed E-state index contributed by atoms with van der Waals surface area (Å²) in [5.74, 6) is 0.838. The third-order valence-electron chi connectivity index (χ3n) is 4.56. The predicted octanol–water partition coefficient (Wildman–Crippen LogP) is 2.51. The first kappa shape index (κ1) is 16.9. The number of pyridine rings is 1. The van der Waals surface area contributed by atoms with Gasteiger partial charge in [-0.1, -0.05) is 0 Å². The van der Waals surface area contributed by atoms with E-state index >= 15 is 0 Å². The van der Waals surface area contributed by atoms with Crippen LogP contribution in [0.3, 0.4) is 0 Å². The molecule has 8 heteroatoms. The van der Waals surface area contributed by atoms with E-state index < -0.39 is 22.9 Å². The number of hydrogen-bond donors (Lipinski definition) is 0. The molecule has 4 nitrogen and oxygen atoms in total. The molecule has 0 radical (unpaired) electrons. The number of fused-ring (bicyclic) bond motifs is 3. The van der Waals surface area contributed by atoms with Crippen LogP contribution in [0.1, 0.15) is 25.8 Å². The molecular formula is C15H20F3N3OS. The zero-order chi connectivity index (χ0) is 16.8. The van der Waals surface area contributed by atoms with Crippen LogP contribution in [-0.4, -0.2) is 51.9 Å². The average molecular weight is 347 g/mol. The monoisotopic (exact) mass is 347 g/mol. The number of nitrogens with zero attached hydrogens (tertiary/aromatic N) is 3. The lowest BCUT2D eigenvalue weighted by molar-refractivity contribution is -0.138. The zero-order valence-corrected chi connectivity index (χ0v) is 14.0. The average Bonchev–Trinajstić information content (AvgIpc) is 2.63. The highest BCUT2D eigenvalue weighted by Gasteiger charge is 2.39. The summed E-state index contributed by atoms with van der Waals surface area (Å²) in [6.07, 6.45) is -2.91. The Balaban J connectivity index is 1.95. The van der Waals surface area contributed by atoms with Gasteiger partial charge in [0.05, 0.1) is 5.56 Å². The maximum atomic E-state index is 12.9. The maximum absolute atomic E-state index is 12.9. The summed E-state index contributed by atoms with van der Waals surface area (Å²) in [6.45, 7) is 6.63. The normalized spacial score (nSPS) is 26.0. The summed E-state index contributed by atoms with van der Waals surface area (Å²) >= 11 is -1.44. The summed E-state index contributed by atoms with van der Waals surface area (Å²) in [5, 5.41) is 0. The molecule has 128 valence electrons. The van der Waals surface area contributed by atoms with Crippen molar-refractivity contribution in [3.8, 4) is 0 Å². The molecule has 0 aromatic carbocycles. The van der Waals surface area contributed by atoms with E-state index in [0.717, 1.165) is 25.4 Å². The largest absolute Gasteiger partial charge is 0.611 e. The van der Waals surface area contributed by atoms with Crippen molar-refractivity contribution in [1.82, 2.24) is 9.88 Å². The Hall–Kier alpha value is -0.990. The van der Waals surface area contributed by atoms with Gasteiger partial charge < -0.3 is 9.45 Å². The number of aromatic nitrogens is 1. The van der Waals surface area contributed by atoms with E-state index in [2.05, 4.69) is 23.7 Å². The number of hydrogen-bond acceptors (Lipinski definition) is 4. The van der Waals surface area contributed by atoms with Gasteiger partial charge in [0.1, 0.15) is 5.75 Å². The van der Waals surface area contributed by atoms with Gasteiger partial charge >= 0.3 is 6.18 Å². The van der Waals surface area contributed by atoms with E-state index in [-0.39, 0.29) is 10.9 Å². The summed E-state index contributed by atoms with van der Waals surface area (Å²) in [4.78, 5) is 8.65. The van der Waals surface area contributed by atoms with Gasteiger partial charge in [0.2, 0.25) is 0 Å². The zero-order valence-electron chi connectivity index (χ0n) is 13.1. The number of piperazine rings is 1. The molecule has 0 saturated carbocycles. The van der Waals surface area contributed by atoms with Crippen LogP contribution in [0.4, 0.5) is 19.0 Å². The Kier molecular flexibility index (Phi) is 4.50. The van der Waals surface area contributed by atoms with Crippen molar-refractivity contribution in [3.05, 3.63) is 17.8 Å². The molecular weight excluding hydrogens is 327 g/mol. The van der Waals surface area contributed by atoms with Gasteiger partial charge in [-0.05, 0) is 25.0 Å². The molecule has 0 aliphatic carbocycles. The lowest BCUT2D eigenvalue weighted by Gasteiger charge is -2.42. The Labute approximate surface area is 136 Å². The van der Waals surface area contributed by atoms with Crippen LogP contribution in [0.15, 0.2) is 17.2 Å². The molecule has 1 aromatic rings. The third kappa shape index (κ3) is 3.29. The second-order valence-corrected chi connectivity index (χ2v) is 7.86. The minimum Gasteiger partial charge on any atom is -0.611 e. The lowest BCUT2D eigenvalue weighted by Crippen LogP contribution is -2.55. The number of alkyl halides is 3. The van der Waals surface area contributed by atoms with Crippen molar-refractivity contribution in [2.75, 3.05) is 30.3 Å². The fourth-order valence-electron chi connectivity index (χ4n) is 3.20. The molecule has 1 aromatic heterocycles. The van der Waals surface area contributed by atoms with Gasteiger partial charge in [-0.25, -0.2) is 4.98 Å². The van der Waals surface area contributed by atoms with E-state index in [1.807, 2.05) is 4.90 Å². The van der Waals surface area contributed by atoms with Crippen molar-refractivity contribution < 1.29 is 17.7 Å². The van der Waals surface area contributed by atoms with Crippen molar-refractivity contribution in [1.29, 1.82) is 0 Å². The van der Waals surface area contributed by atoms with Crippen LogP contribution < -0.4 is 4.90 Å². The van der Waals surface area contributed by atoms with Gasteiger partial charge in [0.15, 0.2) is 10.7 Å². The third-order valence-corrected chi connectivity index (χ3v) is 5.96. The van der Waals surface area contributed by atoms with Gasteiger partial charge in [-0.3, -0.25) is 4.90 Å². The molecule has 1 fully saturated rings. The first-order chi connectivity index (χ1) is 10.8. The van der Waals surface area contributed by atoms with E-state index in [9.17, 15) is 17.7 Å². The van der Waals surface area contributed by atoms with E-state index in [0.29, 0.717) is 30.6 Å². The second kappa shape index (κ2) is 6.14. The Bertz CT molecular complexity index is 582. The molecule has 2 aliphatic rings. The minimum atomic E-state index is -4.46. The van der Waals surface area contributed by atoms with E-state index in [1.54, 1.807) is 0 Å². The van der Waals surface area contributed by atoms with Crippen LogP contribution in [-0.2, 0) is 17.4 Å². The van der Waals surface area contributed by atoms with Crippen LogP contribution in [0.25, 0.3) is 0 Å². The molecule has 3 heterocycles. The highest BCUT2D eigenvalue weighted by molar-refractivity contribution is 7.91. The van der Waals surface area contributed by atoms with E-state index in [1.165, 1.54) is 0 Å². The summed E-state index contributed by atoms with van der Waals surface area (Å²) in [7, 11) is 0. The fourth-order valence-corrected chi connectivity index (χ4v) is 4.54. The van der Waals surface area contributed by atoms with E-state index in [4.69, 9.17) is 0 Å². The van der Waals surface area contributed by atoms with Crippen LogP contribution in [0.5, 0.6) is 0 Å². The van der Waals surface area contributed by atoms with Crippen molar-refractivity contribution in [3.63, 3.8) is 0 Å². The topological polar surface area (TPSA) is 42.4 Å². The number of halogens is 3. The van der Waals surface area contributed by atoms with Gasteiger partial charge in [-0.15, -0.1) is 0 Å². The Morgan fingerprint density at radius 2 is 2.09 bits per heavy atom. The molecule has 2 aliphatic heterocycles. The quantitative estimate of drug-likeness (QED) is 0.732. The van der Waals surface area contributed by atoms with Crippen LogP contribution >= 0.6 is 0 Å². The van der Waals surface area contributed by atoms with Gasteiger partial charge in [0.25, 0.3) is 0 Å². The highest BCUT2D eigenvalue weighted by atomic mass is 32.2. The Morgan fingerprint density at radius 1 is 1.35 bits per heavy atom. The molecule has 2 atom stereocenters. The maximum Gasteiger partial charge on any atom is 0.418 e. The van der Waals surface area contributed by atoms with Crippen molar-refractivity contribution >= 4 is 17.0 Å². The van der Waals surface area contributed by atoms with Gasteiger partial charge in [0, 0.05) is 50.4 Å². The SMILES string of the molecule is CC(C)N1CCN2c3ncc(C(F)(F)F)cc3[S@@+]([O-])CC[C@@H]2C1. The smallest absolute Gasteiger partial charge is 0.418 e. The van der Waals surface area contributed by atoms with Gasteiger partial charge in [-0.2, -0.15) is 13.2 Å². The molecule has 23 heavy (non-hydrogen) atoms. The summed E-state index contributed by atoms with van der Waals surface area (Å²) in [5.41, 5.74) is -0.830. The highest BCUT2D eigenvalue weighted by Crippen LogP contribution is 2.37. The summed E-state index contributed by atoms with van der Waals surface area (Å²) < 4.78 is 51.1. The molecule has 0 bridgehead atoms. The minimum absolute atomic E-state index is 0.153. The number of anilines is 1. The molecule has 0 amide bonds. The van der Waals surface area contributed by atoms with Crippen molar-refractivity contribution in [2.45, 2.75) is 43.4 Å². The molecule has 0 N–H and O–H groups in total. The second-order valence-electron chi connectivity index (χ2n) is 6.32. The lowest BCUT2D eigenvalue weighted by atomic mass is 10.1. The first-order valence-electron chi connectivity index (χ1n) is 7.73. The number of rotatable bonds is 1. The molecule has 0 spiro atoms. The molecule has 1 saturated heterocycles. The Morgan fingerprint density at radius 3 is 2.74 bits per heavy atom. The molecule has 3 rings (SSSR count). The fraction of sp³-hybridized carbons (Fsp3) is 0.667. The molecule has 0 unspecified atom stereocenters. The predicted molar refractivity (Wildman–Crippen MR) is 83.0 cm³/mol.